The van der Waals surface area contributed by atoms with E-state index in [0.29, 0.717) is 17.2 Å². The van der Waals surface area contributed by atoms with E-state index in [2.05, 4.69) is 5.32 Å². The number of nitrogens with one attached hydrogen (secondary N) is 1. The van der Waals surface area contributed by atoms with Crippen molar-refractivity contribution in [2.45, 2.75) is 0 Å². The van der Waals surface area contributed by atoms with Crippen molar-refractivity contribution in [1.29, 1.82) is 0 Å². The largest absolute Gasteiger partial charge is 0.496 e. The molecule has 0 aromatic heterocycles. The van der Waals surface area contributed by atoms with Gasteiger partial charge in [-0.1, -0.05) is 30.3 Å². The predicted octanol–water partition coefficient (Wildman–Crippen LogP) is 4.18. The van der Waals surface area contributed by atoms with Crippen LogP contribution in [-0.4, -0.2) is 33.2 Å². The highest BCUT2D eigenvalue weighted by atomic mass is 16.5. The van der Waals surface area contributed by atoms with Crippen LogP contribution in [0.2, 0.25) is 0 Å². The molecular weight excluding hydrogens is 386 g/mol. The molecule has 0 spiro atoms. The second-order valence-electron chi connectivity index (χ2n) is 6.11. The lowest BCUT2D eigenvalue weighted by Gasteiger charge is -2.14. The summed E-state index contributed by atoms with van der Waals surface area (Å²) in [6.45, 7) is 0. The van der Waals surface area contributed by atoms with Gasteiger partial charge in [-0.15, -0.1) is 0 Å². The molecule has 1 N–H and O–H groups in total. The van der Waals surface area contributed by atoms with E-state index in [1.165, 1.54) is 33.5 Å². The molecule has 0 heterocycles. The third-order valence-corrected chi connectivity index (χ3v) is 4.29. The van der Waals surface area contributed by atoms with E-state index in [0.717, 1.165) is 0 Å². The van der Waals surface area contributed by atoms with E-state index in [-0.39, 0.29) is 22.6 Å². The van der Waals surface area contributed by atoms with Gasteiger partial charge in [0.15, 0.2) is 11.5 Å². The van der Waals surface area contributed by atoms with Crippen LogP contribution in [0.15, 0.2) is 66.7 Å². The van der Waals surface area contributed by atoms with Crippen molar-refractivity contribution in [3.05, 3.63) is 77.9 Å². The topological polar surface area (TPSA) is 83.1 Å². The summed E-state index contributed by atoms with van der Waals surface area (Å²) in [5.74, 6) is 0.0298. The lowest BCUT2D eigenvalue weighted by Crippen LogP contribution is -2.16. The number of para-hydroxylation sites is 2. The van der Waals surface area contributed by atoms with Gasteiger partial charge < -0.3 is 24.3 Å². The maximum atomic E-state index is 12.9. The summed E-state index contributed by atoms with van der Waals surface area (Å²) in [7, 11) is 4.37. The Labute approximate surface area is 174 Å². The molecule has 3 aromatic rings. The van der Waals surface area contributed by atoms with Gasteiger partial charge in [-0.2, -0.15) is 0 Å². The van der Waals surface area contributed by atoms with Crippen LogP contribution in [0.25, 0.3) is 0 Å². The Morgan fingerprint density at radius 2 is 1.27 bits per heavy atom. The molecule has 1 amide bonds. The number of carbonyl (C=O) groups excluding carboxylic acids is 2. The summed E-state index contributed by atoms with van der Waals surface area (Å²) in [4.78, 5) is 25.6. The van der Waals surface area contributed by atoms with E-state index < -0.39 is 11.9 Å². The summed E-state index contributed by atoms with van der Waals surface area (Å²) >= 11 is 0. The van der Waals surface area contributed by atoms with Crippen molar-refractivity contribution in [1.82, 2.24) is 0 Å². The van der Waals surface area contributed by atoms with Crippen LogP contribution in [0.3, 0.4) is 0 Å². The quantitative estimate of drug-likeness (QED) is 0.467. The lowest BCUT2D eigenvalue weighted by atomic mass is 10.1. The van der Waals surface area contributed by atoms with Crippen LogP contribution in [0, 0.1) is 0 Å². The Bertz CT molecular complexity index is 1050. The first-order valence-electron chi connectivity index (χ1n) is 9.05. The maximum Gasteiger partial charge on any atom is 0.347 e. The normalized spacial score (nSPS) is 10.1. The zero-order valence-corrected chi connectivity index (χ0v) is 16.8. The molecule has 0 aliphatic heterocycles. The van der Waals surface area contributed by atoms with Gasteiger partial charge in [0.2, 0.25) is 0 Å². The molecule has 0 saturated carbocycles. The van der Waals surface area contributed by atoms with Crippen molar-refractivity contribution >= 4 is 17.6 Å². The maximum absolute atomic E-state index is 12.9. The number of hydrogen-bond acceptors (Lipinski definition) is 6. The number of rotatable bonds is 7. The molecule has 30 heavy (non-hydrogen) atoms. The first kappa shape index (κ1) is 20.7. The average Bonchev–Trinajstić information content (AvgIpc) is 2.79. The number of esters is 1. The van der Waals surface area contributed by atoms with Crippen LogP contribution < -0.4 is 24.3 Å². The number of anilines is 1. The summed E-state index contributed by atoms with van der Waals surface area (Å²) < 4.78 is 21.3. The Morgan fingerprint density at radius 3 is 1.93 bits per heavy atom. The van der Waals surface area contributed by atoms with Gasteiger partial charge in [0, 0.05) is 17.8 Å². The van der Waals surface area contributed by atoms with Crippen molar-refractivity contribution in [3.8, 4) is 23.0 Å². The third-order valence-electron chi connectivity index (χ3n) is 4.29. The molecular formula is C23H21NO6. The van der Waals surface area contributed by atoms with Crippen LogP contribution in [0.5, 0.6) is 23.0 Å². The molecule has 0 radical (unpaired) electrons. The first-order valence-corrected chi connectivity index (χ1v) is 9.05. The van der Waals surface area contributed by atoms with Crippen molar-refractivity contribution in [2.75, 3.05) is 26.6 Å². The Kier molecular flexibility index (Phi) is 6.54. The number of methoxy groups -OCH3 is 3. The second kappa shape index (κ2) is 9.47. The van der Waals surface area contributed by atoms with Crippen LogP contribution in [0.4, 0.5) is 5.69 Å². The van der Waals surface area contributed by atoms with E-state index in [1.807, 2.05) is 18.2 Å². The molecule has 0 bridgehead atoms. The Morgan fingerprint density at radius 1 is 0.667 bits per heavy atom. The molecule has 0 saturated heterocycles. The SMILES string of the molecule is COc1cc(OC)c(C(=O)Oc2ccccc2C(=O)Nc2ccccc2)cc1OC. The number of amides is 1. The predicted molar refractivity (Wildman–Crippen MR) is 112 cm³/mol. The number of hydrogen-bond donors (Lipinski definition) is 1. The molecule has 3 rings (SSSR count). The van der Waals surface area contributed by atoms with Crippen LogP contribution in [0.1, 0.15) is 20.7 Å². The Balaban J connectivity index is 1.88. The molecule has 7 nitrogen and oxygen atoms in total. The summed E-state index contributed by atoms with van der Waals surface area (Å²) in [5, 5.41) is 2.78. The molecule has 7 heteroatoms. The fraction of sp³-hybridized carbons (Fsp3) is 0.130. The summed E-state index contributed by atoms with van der Waals surface area (Å²) in [5.41, 5.74) is 0.979. The molecule has 3 aromatic carbocycles. The van der Waals surface area contributed by atoms with E-state index in [4.69, 9.17) is 18.9 Å². The number of benzene rings is 3. The van der Waals surface area contributed by atoms with Gasteiger partial charge in [-0.05, 0) is 24.3 Å². The van der Waals surface area contributed by atoms with Crippen LogP contribution >= 0.6 is 0 Å². The molecule has 0 atom stereocenters. The Hall–Kier alpha value is -4.00. The minimum Gasteiger partial charge on any atom is -0.496 e. The molecule has 0 aliphatic rings. The van der Waals surface area contributed by atoms with Crippen LogP contribution in [-0.2, 0) is 0 Å². The average molecular weight is 407 g/mol. The van der Waals surface area contributed by atoms with Gasteiger partial charge in [0.1, 0.15) is 17.1 Å². The fourth-order valence-electron chi connectivity index (χ4n) is 2.81. The van der Waals surface area contributed by atoms with Crippen molar-refractivity contribution in [3.63, 3.8) is 0 Å². The highest BCUT2D eigenvalue weighted by Gasteiger charge is 2.22. The minimum absolute atomic E-state index is 0.118. The fourth-order valence-corrected chi connectivity index (χ4v) is 2.81. The number of carbonyl (C=O) groups is 2. The van der Waals surface area contributed by atoms with Gasteiger partial charge in [0.05, 0.1) is 26.9 Å². The van der Waals surface area contributed by atoms with Gasteiger partial charge in [0.25, 0.3) is 5.91 Å². The lowest BCUT2D eigenvalue weighted by molar-refractivity contribution is 0.0729. The smallest absolute Gasteiger partial charge is 0.347 e. The molecule has 0 unspecified atom stereocenters. The van der Waals surface area contributed by atoms with Crippen molar-refractivity contribution < 1.29 is 28.5 Å². The van der Waals surface area contributed by atoms with Gasteiger partial charge in [-0.25, -0.2) is 4.79 Å². The minimum atomic E-state index is -0.701. The van der Waals surface area contributed by atoms with E-state index in [9.17, 15) is 9.59 Å². The zero-order valence-electron chi connectivity index (χ0n) is 16.8. The first-order chi connectivity index (χ1) is 14.6. The third kappa shape index (κ3) is 4.52. The second-order valence-corrected chi connectivity index (χ2v) is 6.11. The summed E-state index contributed by atoms with van der Waals surface area (Å²) in [6.07, 6.45) is 0. The highest BCUT2D eigenvalue weighted by Crippen LogP contribution is 2.35. The molecule has 0 fully saturated rings. The van der Waals surface area contributed by atoms with Gasteiger partial charge >= 0.3 is 5.97 Å². The molecule has 0 aliphatic carbocycles. The number of ether oxygens (including phenoxy) is 4. The van der Waals surface area contributed by atoms with Crippen molar-refractivity contribution in [2.24, 2.45) is 0 Å². The standard InChI is InChI=1S/C23H21NO6/c1-27-19-14-21(29-3)20(28-2)13-17(19)23(26)30-18-12-8-7-11-16(18)22(25)24-15-9-5-4-6-10-15/h4-14H,1-3H3,(H,24,25). The zero-order chi connectivity index (χ0) is 21.5. The molecule has 154 valence electrons. The highest BCUT2D eigenvalue weighted by molar-refractivity contribution is 6.07. The van der Waals surface area contributed by atoms with Gasteiger partial charge in [-0.3, -0.25) is 4.79 Å². The monoisotopic (exact) mass is 407 g/mol. The van der Waals surface area contributed by atoms with E-state index in [1.54, 1.807) is 36.4 Å². The van der Waals surface area contributed by atoms with E-state index >= 15 is 0 Å². The summed E-state index contributed by atoms with van der Waals surface area (Å²) in [6, 6.07) is 18.5.